The van der Waals surface area contributed by atoms with Gasteiger partial charge in [-0.25, -0.2) is 9.18 Å². The lowest BCUT2D eigenvalue weighted by atomic mass is 10.2. The highest BCUT2D eigenvalue weighted by molar-refractivity contribution is 5.88. The van der Waals surface area contributed by atoms with Gasteiger partial charge in [0.05, 0.1) is 5.56 Å². The molecule has 6 heteroatoms. The lowest BCUT2D eigenvalue weighted by Crippen LogP contribution is -2.28. The number of benzene rings is 2. The summed E-state index contributed by atoms with van der Waals surface area (Å²) in [5.74, 6) is -1.45. The molecule has 0 saturated heterocycles. The van der Waals surface area contributed by atoms with Crippen LogP contribution in [0, 0.1) is 5.82 Å². The zero-order chi connectivity index (χ0) is 15.9. The van der Waals surface area contributed by atoms with E-state index in [-0.39, 0.29) is 30.4 Å². The van der Waals surface area contributed by atoms with Crippen molar-refractivity contribution in [1.82, 2.24) is 5.32 Å². The summed E-state index contributed by atoms with van der Waals surface area (Å²) in [7, 11) is 0. The van der Waals surface area contributed by atoms with E-state index in [0.717, 1.165) is 5.56 Å². The molecule has 0 saturated carbocycles. The number of halogens is 1. The second kappa shape index (κ2) is 7.21. The van der Waals surface area contributed by atoms with Gasteiger partial charge in [-0.1, -0.05) is 18.2 Å². The summed E-state index contributed by atoms with van der Waals surface area (Å²) in [6.07, 6.45) is 0. The first-order valence-corrected chi connectivity index (χ1v) is 6.52. The maximum atomic E-state index is 12.7. The topological polar surface area (TPSA) is 75.6 Å². The van der Waals surface area contributed by atoms with Gasteiger partial charge >= 0.3 is 5.97 Å². The van der Waals surface area contributed by atoms with Crippen LogP contribution >= 0.6 is 0 Å². The lowest BCUT2D eigenvalue weighted by molar-refractivity contribution is -0.123. The molecule has 1 amide bonds. The Hall–Kier alpha value is -2.89. The lowest BCUT2D eigenvalue weighted by Gasteiger charge is -2.08. The number of rotatable bonds is 6. The zero-order valence-corrected chi connectivity index (χ0v) is 11.6. The SMILES string of the molecule is O=C(COc1cccc(C(=O)O)c1)NCc1ccc(F)cc1. The van der Waals surface area contributed by atoms with Crippen molar-refractivity contribution >= 4 is 11.9 Å². The van der Waals surface area contributed by atoms with Crippen molar-refractivity contribution in [1.29, 1.82) is 0 Å². The van der Waals surface area contributed by atoms with Gasteiger partial charge in [0, 0.05) is 6.54 Å². The molecule has 0 aliphatic carbocycles. The molecule has 0 unspecified atom stereocenters. The quantitative estimate of drug-likeness (QED) is 0.858. The van der Waals surface area contributed by atoms with E-state index in [4.69, 9.17) is 9.84 Å². The molecule has 0 aliphatic heterocycles. The minimum atomic E-state index is -1.06. The Morgan fingerprint density at radius 2 is 1.86 bits per heavy atom. The van der Waals surface area contributed by atoms with Gasteiger partial charge in [0.1, 0.15) is 11.6 Å². The number of hydrogen-bond acceptors (Lipinski definition) is 3. The van der Waals surface area contributed by atoms with Crippen LogP contribution in [-0.2, 0) is 11.3 Å². The molecule has 0 radical (unpaired) electrons. The summed E-state index contributed by atoms with van der Waals surface area (Å²) in [6, 6.07) is 11.7. The average molecular weight is 303 g/mol. The normalized spacial score (nSPS) is 10.0. The second-order valence-corrected chi connectivity index (χ2v) is 4.52. The number of ether oxygens (including phenoxy) is 1. The van der Waals surface area contributed by atoms with Crippen molar-refractivity contribution in [2.75, 3.05) is 6.61 Å². The van der Waals surface area contributed by atoms with E-state index in [2.05, 4.69) is 5.32 Å². The Balaban J connectivity index is 1.81. The van der Waals surface area contributed by atoms with Crippen molar-refractivity contribution in [3.05, 3.63) is 65.5 Å². The Kier molecular flexibility index (Phi) is 5.08. The molecule has 2 rings (SSSR count). The number of hydrogen-bond donors (Lipinski definition) is 2. The summed E-state index contributed by atoms with van der Waals surface area (Å²) in [5, 5.41) is 11.5. The first-order valence-electron chi connectivity index (χ1n) is 6.52. The molecule has 0 spiro atoms. The minimum absolute atomic E-state index is 0.0872. The summed E-state index contributed by atoms with van der Waals surface area (Å²) >= 11 is 0. The molecule has 22 heavy (non-hydrogen) atoms. The number of carbonyl (C=O) groups excluding carboxylic acids is 1. The van der Waals surface area contributed by atoms with E-state index in [1.807, 2.05) is 0 Å². The molecule has 0 fully saturated rings. The Morgan fingerprint density at radius 1 is 1.14 bits per heavy atom. The van der Waals surface area contributed by atoms with E-state index < -0.39 is 5.97 Å². The number of carbonyl (C=O) groups is 2. The van der Waals surface area contributed by atoms with Crippen LogP contribution in [0.5, 0.6) is 5.75 Å². The van der Waals surface area contributed by atoms with Crippen molar-refractivity contribution in [2.24, 2.45) is 0 Å². The molecular weight excluding hydrogens is 289 g/mol. The Labute approximate surface area is 126 Å². The van der Waals surface area contributed by atoms with E-state index in [1.165, 1.54) is 30.3 Å². The Bertz CT molecular complexity index is 670. The van der Waals surface area contributed by atoms with Crippen LogP contribution in [-0.4, -0.2) is 23.6 Å². The minimum Gasteiger partial charge on any atom is -0.484 e. The largest absolute Gasteiger partial charge is 0.484 e. The molecular formula is C16H14FNO4. The van der Waals surface area contributed by atoms with Gasteiger partial charge < -0.3 is 15.2 Å². The van der Waals surface area contributed by atoms with Crippen molar-refractivity contribution in [3.63, 3.8) is 0 Å². The first-order chi connectivity index (χ1) is 10.5. The second-order valence-electron chi connectivity index (χ2n) is 4.52. The van der Waals surface area contributed by atoms with Crippen molar-refractivity contribution in [2.45, 2.75) is 6.54 Å². The molecule has 114 valence electrons. The highest BCUT2D eigenvalue weighted by atomic mass is 19.1. The maximum Gasteiger partial charge on any atom is 0.335 e. The summed E-state index contributed by atoms with van der Waals surface area (Å²) in [5.41, 5.74) is 0.854. The third kappa shape index (κ3) is 4.59. The van der Waals surface area contributed by atoms with Gasteiger partial charge in [0.2, 0.25) is 0 Å². The van der Waals surface area contributed by atoms with Crippen LogP contribution in [0.15, 0.2) is 48.5 Å². The standard InChI is InChI=1S/C16H14FNO4/c17-13-6-4-11(5-7-13)9-18-15(19)10-22-14-3-1-2-12(8-14)16(20)21/h1-8H,9-10H2,(H,18,19)(H,20,21). The average Bonchev–Trinajstić information content (AvgIpc) is 2.52. The van der Waals surface area contributed by atoms with Crippen LogP contribution in [0.25, 0.3) is 0 Å². The molecule has 0 aromatic heterocycles. The number of amides is 1. The van der Waals surface area contributed by atoms with Gasteiger partial charge in [-0.2, -0.15) is 0 Å². The molecule has 0 aliphatic rings. The van der Waals surface area contributed by atoms with E-state index >= 15 is 0 Å². The predicted molar refractivity (Wildman–Crippen MR) is 77.1 cm³/mol. The van der Waals surface area contributed by atoms with Crippen LogP contribution in [0.3, 0.4) is 0 Å². The van der Waals surface area contributed by atoms with E-state index in [9.17, 15) is 14.0 Å². The van der Waals surface area contributed by atoms with Crippen LogP contribution in [0.2, 0.25) is 0 Å². The first kappa shape index (κ1) is 15.5. The van der Waals surface area contributed by atoms with Crippen molar-refractivity contribution < 1.29 is 23.8 Å². The van der Waals surface area contributed by atoms with E-state index in [0.29, 0.717) is 5.75 Å². The van der Waals surface area contributed by atoms with Crippen LogP contribution in [0.4, 0.5) is 4.39 Å². The third-order valence-corrected chi connectivity index (χ3v) is 2.85. The number of aromatic carboxylic acids is 1. The van der Waals surface area contributed by atoms with E-state index in [1.54, 1.807) is 18.2 Å². The smallest absolute Gasteiger partial charge is 0.335 e. The fourth-order valence-corrected chi connectivity index (χ4v) is 1.72. The third-order valence-electron chi connectivity index (χ3n) is 2.85. The summed E-state index contributed by atoms with van der Waals surface area (Å²) < 4.78 is 18.0. The molecule has 0 bridgehead atoms. The molecule has 5 nitrogen and oxygen atoms in total. The zero-order valence-electron chi connectivity index (χ0n) is 11.6. The van der Waals surface area contributed by atoms with Crippen molar-refractivity contribution in [3.8, 4) is 5.75 Å². The highest BCUT2D eigenvalue weighted by Crippen LogP contribution is 2.13. The fraction of sp³-hybridized carbons (Fsp3) is 0.125. The number of carboxylic acids is 1. The highest BCUT2D eigenvalue weighted by Gasteiger charge is 2.06. The number of nitrogens with one attached hydrogen (secondary N) is 1. The van der Waals surface area contributed by atoms with Crippen LogP contribution in [0.1, 0.15) is 15.9 Å². The summed E-state index contributed by atoms with van der Waals surface area (Å²) in [4.78, 5) is 22.5. The molecule has 0 heterocycles. The molecule has 2 aromatic rings. The van der Waals surface area contributed by atoms with Gasteiger partial charge in [-0.3, -0.25) is 4.79 Å². The molecule has 0 atom stereocenters. The van der Waals surface area contributed by atoms with Crippen LogP contribution < -0.4 is 10.1 Å². The van der Waals surface area contributed by atoms with Gasteiger partial charge in [0.15, 0.2) is 6.61 Å². The fourth-order valence-electron chi connectivity index (χ4n) is 1.72. The maximum absolute atomic E-state index is 12.7. The monoisotopic (exact) mass is 303 g/mol. The number of carboxylic acid groups (broad SMARTS) is 1. The van der Waals surface area contributed by atoms with Gasteiger partial charge in [0.25, 0.3) is 5.91 Å². The van der Waals surface area contributed by atoms with Gasteiger partial charge in [-0.15, -0.1) is 0 Å². The van der Waals surface area contributed by atoms with Gasteiger partial charge in [-0.05, 0) is 35.9 Å². The predicted octanol–water partition coefficient (Wildman–Crippen LogP) is 2.22. The Morgan fingerprint density at radius 3 is 2.55 bits per heavy atom. The molecule has 2 aromatic carbocycles. The summed E-state index contributed by atoms with van der Waals surface area (Å²) in [6.45, 7) is 0.0297. The molecule has 2 N–H and O–H groups in total.